The van der Waals surface area contributed by atoms with Crippen molar-refractivity contribution in [2.24, 2.45) is 11.1 Å². The van der Waals surface area contributed by atoms with E-state index in [1.807, 2.05) is 46.8 Å². The fourth-order valence-corrected chi connectivity index (χ4v) is 2.60. The summed E-state index contributed by atoms with van der Waals surface area (Å²) in [6.07, 6.45) is 0.539. The molecule has 1 aromatic carbocycles. The van der Waals surface area contributed by atoms with Gasteiger partial charge in [-0.1, -0.05) is 12.1 Å². The highest BCUT2D eigenvalue weighted by Gasteiger charge is 2.31. The van der Waals surface area contributed by atoms with Gasteiger partial charge in [-0.15, -0.1) is 0 Å². The Bertz CT molecular complexity index is 486. The fourth-order valence-electron chi connectivity index (χ4n) is 2.60. The number of hydrogen-bond donors (Lipinski definition) is 1. The lowest BCUT2D eigenvalue weighted by Gasteiger charge is -2.26. The Labute approximate surface area is 127 Å². The molecule has 118 valence electrons. The molecule has 1 rings (SSSR count). The van der Waals surface area contributed by atoms with Crippen molar-refractivity contribution in [1.82, 2.24) is 0 Å². The quantitative estimate of drug-likeness (QED) is 0.818. The van der Waals surface area contributed by atoms with E-state index in [-0.39, 0.29) is 12.0 Å². The second-order valence-electron chi connectivity index (χ2n) is 6.10. The van der Waals surface area contributed by atoms with Crippen LogP contribution in [-0.2, 0) is 9.53 Å². The molecule has 0 saturated carbocycles. The number of rotatable bonds is 6. The van der Waals surface area contributed by atoms with Crippen LogP contribution < -0.4 is 10.5 Å². The van der Waals surface area contributed by atoms with Gasteiger partial charge in [-0.3, -0.25) is 4.79 Å². The average Bonchev–Trinajstić information content (AvgIpc) is 2.38. The highest BCUT2D eigenvalue weighted by Crippen LogP contribution is 2.33. The van der Waals surface area contributed by atoms with Crippen LogP contribution >= 0.6 is 0 Å². The SMILES string of the molecule is CCOC(=O)C(C)(C)CC(N)c1cc(C)c(OC)c(C)c1. The van der Waals surface area contributed by atoms with Crippen LogP contribution in [0.3, 0.4) is 0 Å². The van der Waals surface area contributed by atoms with Crippen molar-refractivity contribution in [1.29, 1.82) is 0 Å². The third kappa shape index (κ3) is 4.21. The van der Waals surface area contributed by atoms with Crippen LogP contribution in [0.25, 0.3) is 0 Å². The number of ether oxygens (including phenoxy) is 2. The standard InChI is InChI=1S/C17H27NO3/c1-7-21-16(19)17(4,5)10-14(18)13-8-11(2)15(20-6)12(3)9-13/h8-9,14H,7,10,18H2,1-6H3. The number of carbonyl (C=O) groups is 1. The van der Waals surface area contributed by atoms with E-state index in [9.17, 15) is 4.79 Å². The van der Waals surface area contributed by atoms with Crippen molar-refractivity contribution in [2.45, 2.75) is 47.1 Å². The third-order valence-corrected chi connectivity index (χ3v) is 3.67. The van der Waals surface area contributed by atoms with E-state index in [2.05, 4.69) is 0 Å². The summed E-state index contributed by atoms with van der Waals surface area (Å²) in [7, 11) is 1.67. The van der Waals surface area contributed by atoms with Crippen LogP contribution in [-0.4, -0.2) is 19.7 Å². The molecule has 0 saturated heterocycles. The maximum atomic E-state index is 12.0. The second-order valence-corrected chi connectivity index (χ2v) is 6.10. The summed E-state index contributed by atoms with van der Waals surface area (Å²) >= 11 is 0. The molecule has 0 aliphatic carbocycles. The van der Waals surface area contributed by atoms with Crippen molar-refractivity contribution < 1.29 is 14.3 Å². The van der Waals surface area contributed by atoms with Crippen LogP contribution in [0.5, 0.6) is 5.75 Å². The Morgan fingerprint density at radius 1 is 1.29 bits per heavy atom. The average molecular weight is 293 g/mol. The summed E-state index contributed by atoms with van der Waals surface area (Å²) in [6, 6.07) is 3.84. The minimum Gasteiger partial charge on any atom is -0.496 e. The predicted molar refractivity (Wildman–Crippen MR) is 84.4 cm³/mol. The highest BCUT2D eigenvalue weighted by atomic mass is 16.5. The van der Waals surface area contributed by atoms with Crippen molar-refractivity contribution >= 4 is 5.97 Å². The number of benzene rings is 1. The molecule has 1 atom stereocenters. The van der Waals surface area contributed by atoms with Gasteiger partial charge in [0.2, 0.25) is 0 Å². The fraction of sp³-hybridized carbons (Fsp3) is 0.588. The molecule has 0 heterocycles. The molecule has 0 aromatic heterocycles. The maximum absolute atomic E-state index is 12.0. The largest absolute Gasteiger partial charge is 0.496 e. The first kappa shape index (κ1) is 17.5. The van der Waals surface area contributed by atoms with Gasteiger partial charge < -0.3 is 15.2 Å². The molecule has 21 heavy (non-hydrogen) atoms. The first-order valence-electron chi connectivity index (χ1n) is 7.30. The zero-order valence-electron chi connectivity index (χ0n) is 13.9. The Kier molecular flexibility index (Phi) is 5.78. The summed E-state index contributed by atoms with van der Waals surface area (Å²) in [6.45, 7) is 9.93. The van der Waals surface area contributed by atoms with Crippen LogP contribution in [0.2, 0.25) is 0 Å². The van der Waals surface area contributed by atoms with Crippen molar-refractivity contribution in [2.75, 3.05) is 13.7 Å². The van der Waals surface area contributed by atoms with Crippen molar-refractivity contribution in [3.63, 3.8) is 0 Å². The second kappa shape index (κ2) is 6.94. The van der Waals surface area contributed by atoms with E-state index < -0.39 is 5.41 Å². The number of hydrogen-bond acceptors (Lipinski definition) is 4. The monoisotopic (exact) mass is 293 g/mol. The molecule has 1 unspecified atom stereocenters. The third-order valence-electron chi connectivity index (χ3n) is 3.67. The molecule has 0 bridgehead atoms. The van der Waals surface area contributed by atoms with E-state index in [4.69, 9.17) is 15.2 Å². The van der Waals surface area contributed by atoms with Gasteiger partial charge >= 0.3 is 5.97 Å². The molecule has 0 amide bonds. The summed E-state index contributed by atoms with van der Waals surface area (Å²) in [4.78, 5) is 12.0. The molecule has 0 fully saturated rings. The molecular formula is C17H27NO3. The Morgan fingerprint density at radius 2 is 1.81 bits per heavy atom. The van der Waals surface area contributed by atoms with Gasteiger partial charge in [-0.25, -0.2) is 0 Å². The number of carbonyl (C=O) groups excluding carboxylic acids is 1. The first-order chi connectivity index (χ1) is 9.72. The van der Waals surface area contributed by atoms with E-state index in [0.717, 1.165) is 22.4 Å². The minimum atomic E-state index is -0.600. The van der Waals surface area contributed by atoms with Gasteiger partial charge in [0.05, 0.1) is 19.1 Å². The maximum Gasteiger partial charge on any atom is 0.311 e. The van der Waals surface area contributed by atoms with Gasteiger partial charge in [-0.05, 0) is 57.7 Å². The zero-order chi connectivity index (χ0) is 16.2. The lowest BCUT2D eigenvalue weighted by molar-refractivity contribution is -0.154. The topological polar surface area (TPSA) is 61.5 Å². The number of esters is 1. The summed E-state index contributed by atoms with van der Waals surface area (Å²) < 4.78 is 10.5. The van der Waals surface area contributed by atoms with E-state index in [1.54, 1.807) is 7.11 Å². The van der Waals surface area contributed by atoms with Crippen LogP contribution in [0.4, 0.5) is 0 Å². The first-order valence-corrected chi connectivity index (χ1v) is 7.30. The molecule has 0 spiro atoms. The number of nitrogens with two attached hydrogens (primary N) is 1. The lowest BCUT2D eigenvalue weighted by Crippen LogP contribution is -2.31. The van der Waals surface area contributed by atoms with Crippen LogP contribution in [0.1, 0.15) is 49.9 Å². The molecule has 2 N–H and O–H groups in total. The van der Waals surface area contributed by atoms with Crippen LogP contribution in [0.15, 0.2) is 12.1 Å². The summed E-state index contributed by atoms with van der Waals surface area (Å²) in [5, 5.41) is 0. The van der Waals surface area contributed by atoms with Gasteiger partial charge in [0.25, 0.3) is 0 Å². The highest BCUT2D eigenvalue weighted by molar-refractivity contribution is 5.76. The Morgan fingerprint density at radius 3 is 2.24 bits per heavy atom. The minimum absolute atomic E-state index is 0.206. The molecular weight excluding hydrogens is 266 g/mol. The van der Waals surface area contributed by atoms with E-state index >= 15 is 0 Å². The predicted octanol–water partition coefficient (Wildman–Crippen LogP) is 3.29. The molecule has 0 aliphatic heterocycles. The number of methoxy groups -OCH3 is 1. The zero-order valence-corrected chi connectivity index (χ0v) is 13.9. The molecule has 4 nitrogen and oxygen atoms in total. The summed E-state index contributed by atoms with van der Waals surface area (Å²) in [5.74, 6) is 0.679. The van der Waals surface area contributed by atoms with Gasteiger partial charge in [0.1, 0.15) is 5.75 Å². The molecule has 0 radical (unpaired) electrons. The molecule has 0 aliphatic rings. The van der Waals surface area contributed by atoms with Gasteiger partial charge in [0.15, 0.2) is 0 Å². The normalized spacial score (nSPS) is 12.9. The Hall–Kier alpha value is -1.55. The summed E-state index contributed by atoms with van der Waals surface area (Å²) in [5.41, 5.74) is 8.82. The van der Waals surface area contributed by atoms with Gasteiger partial charge in [0, 0.05) is 6.04 Å². The smallest absolute Gasteiger partial charge is 0.311 e. The van der Waals surface area contributed by atoms with Crippen molar-refractivity contribution in [3.05, 3.63) is 28.8 Å². The van der Waals surface area contributed by atoms with E-state index in [0.29, 0.717) is 13.0 Å². The van der Waals surface area contributed by atoms with Gasteiger partial charge in [-0.2, -0.15) is 0 Å². The Balaban J connectivity index is 2.94. The molecule has 4 heteroatoms. The number of aryl methyl sites for hydroxylation is 2. The molecule has 1 aromatic rings. The van der Waals surface area contributed by atoms with Crippen molar-refractivity contribution in [3.8, 4) is 5.75 Å². The lowest BCUT2D eigenvalue weighted by atomic mass is 9.83. The van der Waals surface area contributed by atoms with E-state index in [1.165, 1.54) is 0 Å². The van der Waals surface area contributed by atoms with Crippen LogP contribution in [0, 0.1) is 19.3 Å².